The SMILES string of the molecule is CC(=O)c1ccc(S(=O)(=O)Nc2ccc3sc(NC(=O)c4ccccc4)nc3c2)cc1. The predicted octanol–water partition coefficient (Wildman–Crippen LogP) is 4.55. The van der Waals surface area contributed by atoms with Crippen LogP contribution in [0.15, 0.2) is 77.7 Å². The molecule has 0 radical (unpaired) electrons. The predicted molar refractivity (Wildman–Crippen MR) is 121 cm³/mol. The van der Waals surface area contributed by atoms with E-state index in [0.717, 1.165) is 4.70 Å². The molecule has 4 aromatic rings. The summed E-state index contributed by atoms with van der Waals surface area (Å²) in [6.45, 7) is 1.42. The molecule has 2 N–H and O–H groups in total. The third kappa shape index (κ3) is 4.62. The van der Waals surface area contributed by atoms with Crippen molar-refractivity contribution in [1.82, 2.24) is 4.98 Å². The fourth-order valence-electron chi connectivity index (χ4n) is 2.89. The van der Waals surface area contributed by atoms with Crippen molar-refractivity contribution in [2.24, 2.45) is 0 Å². The molecule has 0 fully saturated rings. The first-order valence-corrected chi connectivity index (χ1v) is 11.5. The number of ketones is 1. The largest absolute Gasteiger partial charge is 0.298 e. The zero-order valence-electron chi connectivity index (χ0n) is 16.3. The number of hydrogen-bond donors (Lipinski definition) is 2. The van der Waals surface area contributed by atoms with Crippen LogP contribution in [0.1, 0.15) is 27.6 Å². The number of rotatable bonds is 6. The van der Waals surface area contributed by atoms with Gasteiger partial charge < -0.3 is 0 Å². The lowest BCUT2D eigenvalue weighted by Crippen LogP contribution is -2.13. The molecule has 4 rings (SSSR count). The van der Waals surface area contributed by atoms with Crippen LogP contribution in [0, 0.1) is 0 Å². The quantitative estimate of drug-likeness (QED) is 0.418. The van der Waals surface area contributed by atoms with E-state index < -0.39 is 10.0 Å². The number of carbonyl (C=O) groups is 2. The van der Waals surface area contributed by atoms with Gasteiger partial charge >= 0.3 is 0 Å². The van der Waals surface area contributed by atoms with Crippen LogP contribution in [0.3, 0.4) is 0 Å². The molecule has 1 aromatic heterocycles. The topological polar surface area (TPSA) is 105 Å². The van der Waals surface area contributed by atoms with Crippen LogP contribution >= 0.6 is 11.3 Å². The minimum absolute atomic E-state index is 0.0479. The second-order valence-electron chi connectivity index (χ2n) is 6.71. The fourth-order valence-corrected chi connectivity index (χ4v) is 4.78. The Labute approximate surface area is 182 Å². The van der Waals surface area contributed by atoms with Crippen molar-refractivity contribution in [1.29, 1.82) is 0 Å². The maximum atomic E-state index is 12.7. The van der Waals surface area contributed by atoms with Crippen LogP contribution in [0.25, 0.3) is 10.2 Å². The third-order valence-electron chi connectivity index (χ3n) is 4.47. The first kappa shape index (κ1) is 20.7. The summed E-state index contributed by atoms with van der Waals surface area (Å²) in [5.41, 5.74) is 1.86. The molecule has 0 aliphatic carbocycles. The first-order chi connectivity index (χ1) is 14.8. The number of benzene rings is 3. The molecule has 31 heavy (non-hydrogen) atoms. The molecule has 9 heteroatoms. The summed E-state index contributed by atoms with van der Waals surface area (Å²) in [6, 6.07) is 19.5. The number of carbonyl (C=O) groups excluding carboxylic acids is 2. The Morgan fingerprint density at radius 1 is 0.903 bits per heavy atom. The van der Waals surface area contributed by atoms with Crippen LogP contribution in [0.5, 0.6) is 0 Å². The molecule has 0 spiro atoms. The Balaban J connectivity index is 1.54. The Morgan fingerprint density at radius 3 is 2.29 bits per heavy atom. The number of anilines is 2. The lowest BCUT2D eigenvalue weighted by Gasteiger charge is -2.08. The van der Waals surface area contributed by atoms with Gasteiger partial charge in [-0.3, -0.25) is 19.6 Å². The van der Waals surface area contributed by atoms with Gasteiger partial charge in [-0.1, -0.05) is 41.7 Å². The van der Waals surface area contributed by atoms with E-state index in [1.807, 2.05) is 6.07 Å². The van der Waals surface area contributed by atoms with Gasteiger partial charge in [0.1, 0.15) is 0 Å². The number of Topliss-reactive ketones (excluding diaryl/α,β-unsaturated/α-hetero) is 1. The second kappa shape index (κ2) is 8.29. The number of fused-ring (bicyclic) bond motifs is 1. The van der Waals surface area contributed by atoms with Crippen molar-refractivity contribution < 1.29 is 18.0 Å². The van der Waals surface area contributed by atoms with Gasteiger partial charge in [-0.05, 0) is 49.4 Å². The van der Waals surface area contributed by atoms with Crippen molar-refractivity contribution in [2.75, 3.05) is 10.0 Å². The Bertz CT molecular complexity index is 1380. The van der Waals surface area contributed by atoms with Gasteiger partial charge in [-0.15, -0.1) is 0 Å². The Hall–Kier alpha value is -3.56. The molecule has 0 atom stereocenters. The molecule has 0 aliphatic heterocycles. The molecular weight excluding hydrogens is 434 g/mol. The highest BCUT2D eigenvalue weighted by Gasteiger charge is 2.16. The monoisotopic (exact) mass is 451 g/mol. The highest BCUT2D eigenvalue weighted by molar-refractivity contribution is 7.92. The zero-order chi connectivity index (χ0) is 22.0. The first-order valence-electron chi connectivity index (χ1n) is 9.23. The van der Waals surface area contributed by atoms with Crippen LogP contribution in [0.2, 0.25) is 0 Å². The summed E-state index contributed by atoms with van der Waals surface area (Å²) >= 11 is 1.30. The molecule has 1 heterocycles. The smallest absolute Gasteiger partial charge is 0.261 e. The van der Waals surface area contributed by atoms with Gasteiger partial charge in [0.2, 0.25) is 0 Å². The van der Waals surface area contributed by atoms with Crippen molar-refractivity contribution in [3.05, 3.63) is 83.9 Å². The third-order valence-corrected chi connectivity index (χ3v) is 6.82. The molecule has 7 nitrogen and oxygen atoms in total. The lowest BCUT2D eigenvalue weighted by atomic mass is 10.2. The molecule has 1 amide bonds. The Kier molecular flexibility index (Phi) is 5.53. The fraction of sp³-hybridized carbons (Fsp3) is 0.0455. The number of thiazole rings is 1. The van der Waals surface area contributed by atoms with Crippen molar-refractivity contribution in [2.45, 2.75) is 11.8 Å². The van der Waals surface area contributed by atoms with Gasteiger partial charge in [0, 0.05) is 11.1 Å². The number of amides is 1. The van der Waals surface area contributed by atoms with E-state index in [1.54, 1.807) is 42.5 Å². The van der Waals surface area contributed by atoms with Gasteiger partial charge in [0.05, 0.1) is 20.8 Å². The summed E-state index contributed by atoms with van der Waals surface area (Å²) in [5, 5.41) is 3.18. The zero-order valence-corrected chi connectivity index (χ0v) is 18.0. The van der Waals surface area contributed by atoms with Gasteiger partial charge in [-0.25, -0.2) is 13.4 Å². The van der Waals surface area contributed by atoms with Gasteiger partial charge in [0.25, 0.3) is 15.9 Å². The summed E-state index contributed by atoms with van der Waals surface area (Å²) in [7, 11) is -3.83. The number of nitrogens with zero attached hydrogens (tertiary/aromatic N) is 1. The molecule has 0 bridgehead atoms. The Morgan fingerprint density at radius 2 is 1.61 bits per heavy atom. The van der Waals surface area contributed by atoms with Crippen molar-refractivity contribution in [3.8, 4) is 0 Å². The number of hydrogen-bond acceptors (Lipinski definition) is 6. The molecule has 156 valence electrons. The van der Waals surface area contributed by atoms with Crippen LogP contribution in [-0.2, 0) is 10.0 Å². The molecule has 0 saturated carbocycles. The van der Waals surface area contributed by atoms with Crippen LogP contribution in [0.4, 0.5) is 10.8 Å². The second-order valence-corrected chi connectivity index (χ2v) is 9.42. The minimum Gasteiger partial charge on any atom is -0.298 e. The van der Waals surface area contributed by atoms with Gasteiger partial charge in [0.15, 0.2) is 10.9 Å². The highest BCUT2D eigenvalue weighted by Crippen LogP contribution is 2.29. The van der Waals surface area contributed by atoms with E-state index in [0.29, 0.717) is 27.5 Å². The van der Waals surface area contributed by atoms with Crippen molar-refractivity contribution >= 4 is 54.1 Å². The van der Waals surface area contributed by atoms with E-state index in [9.17, 15) is 18.0 Å². The average Bonchev–Trinajstić information content (AvgIpc) is 3.15. The van der Waals surface area contributed by atoms with Crippen LogP contribution in [-0.4, -0.2) is 25.1 Å². The van der Waals surface area contributed by atoms with E-state index >= 15 is 0 Å². The maximum absolute atomic E-state index is 12.7. The number of aromatic nitrogens is 1. The van der Waals surface area contributed by atoms with Gasteiger partial charge in [-0.2, -0.15) is 0 Å². The molecule has 0 aliphatic rings. The molecule has 0 saturated heterocycles. The molecule has 0 unspecified atom stereocenters. The van der Waals surface area contributed by atoms with E-state index in [-0.39, 0.29) is 16.6 Å². The lowest BCUT2D eigenvalue weighted by molar-refractivity contribution is 0.101. The van der Waals surface area contributed by atoms with Crippen molar-refractivity contribution in [3.63, 3.8) is 0 Å². The van der Waals surface area contributed by atoms with E-state index in [4.69, 9.17) is 0 Å². The summed E-state index contributed by atoms with van der Waals surface area (Å²) in [4.78, 5) is 28.1. The summed E-state index contributed by atoms with van der Waals surface area (Å²) < 4.78 is 28.6. The minimum atomic E-state index is -3.83. The summed E-state index contributed by atoms with van der Waals surface area (Å²) in [6.07, 6.45) is 0. The highest BCUT2D eigenvalue weighted by atomic mass is 32.2. The standard InChI is InChI=1S/C22H17N3O4S2/c1-14(26)15-7-10-18(11-8-15)31(28,29)25-17-9-12-20-19(13-17)23-22(30-20)24-21(27)16-5-3-2-4-6-16/h2-13,25H,1H3,(H,23,24,27). The normalized spacial score (nSPS) is 11.3. The molecular formula is C22H17N3O4S2. The average molecular weight is 452 g/mol. The maximum Gasteiger partial charge on any atom is 0.261 e. The summed E-state index contributed by atoms with van der Waals surface area (Å²) in [5.74, 6) is -0.407. The van der Waals surface area contributed by atoms with E-state index in [1.165, 1.54) is 42.5 Å². The molecule has 3 aromatic carbocycles. The van der Waals surface area contributed by atoms with Crippen LogP contribution < -0.4 is 10.0 Å². The van der Waals surface area contributed by atoms with E-state index in [2.05, 4.69) is 15.0 Å². The number of sulfonamides is 1. The number of nitrogens with one attached hydrogen (secondary N) is 2.